The van der Waals surface area contributed by atoms with Gasteiger partial charge in [0.25, 0.3) is 0 Å². The van der Waals surface area contributed by atoms with Crippen LogP contribution in [0.1, 0.15) is 17.0 Å². The molecule has 1 aromatic heterocycles. The van der Waals surface area contributed by atoms with Gasteiger partial charge >= 0.3 is 0 Å². The molecular weight excluding hydrogens is 443 g/mol. The zero-order valence-corrected chi connectivity index (χ0v) is 19.5. The molecule has 0 saturated carbocycles. The van der Waals surface area contributed by atoms with E-state index in [2.05, 4.69) is 33.3 Å². The second-order valence-corrected chi connectivity index (χ2v) is 8.33. The highest BCUT2D eigenvalue weighted by atomic mass is 35.5. The Morgan fingerprint density at radius 1 is 1.30 bits per heavy atom. The summed E-state index contributed by atoms with van der Waals surface area (Å²) in [6, 6.07) is 7.33. The Morgan fingerprint density at radius 3 is 2.82 bits per heavy atom. The zero-order valence-electron chi connectivity index (χ0n) is 18.7. The summed E-state index contributed by atoms with van der Waals surface area (Å²) in [6.07, 6.45) is 3.19. The minimum Gasteiger partial charge on any atom is -0.491 e. The summed E-state index contributed by atoms with van der Waals surface area (Å²) in [5.74, 6) is 0.973. The van der Waals surface area contributed by atoms with Crippen molar-refractivity contribution in [1.29, 1.82) is 0 Å². The molecule has 6 nitrogen and oxygen atoms in total. The highest BCUT2D eigenvalue weighted by Gasteiger charge is 2.31. The van der Waals surface area contributed by atoms with E-state index in [1.807, 2.05) is 12.1 Å². The van der Waals surface area contributed by atoms with Gasteiger partial charge in [-0.1, -0.05) is 30.8 Å². The number of benzene rings is 2. The lowest BCUT2D eigenvalue weighted by atomic mass is 9.89. The molecule has 0 atom stereocenters. The van der Waals surface area contributed by atoms with Gasteiger partial charge in [0.2, 0.25) is 0 Å². The third-order valence-electron chi connectivity index (χ3n) is 5.80. The Kier molecular flexibility index (Phi) is 6.81. The van der Waals surface area contributed by atoms with Crippen LogP contribution in [0.2, 0.25) is 5.02 Å². The molecule has 1 aliphatic heterocycles. The van der Waals surface area contributed by atoms with E-state index in [-0.39, 0.29) is 16.6 Å². The van der Waals surface area contributed by atoms with Gasteiger partial charge in [0.05, 0.1) is 22.8 Å². The van der Waals surface area contributed by atoms with E-state index >= 15 is 0 Å². The van der Waals surface area contributed by atoms with Gasteiger partial charge in [0.1, 0.15) is 24.5 Å². The predicted octanol–water partition coefficient (Wildman–Crippen LogP) is 5.60. The number of halogens is 2. The number of nitrogens with zero attached hydrogens (tertiary/aromatic N) is 3. The van der Waals surface area contributed by atoms with Gasteiger partial charge in [0.15, 0.2) is 5.82 Å². The molecule has 33 heavy (non-hydrogen) atoms. The fraction of sp³-hybridized carbons (Fsp3) is 0.280. The number of nitrogens with one attached hydrogen (secondary N) is 1. The van der Waals surface area contributed by atoms with Crippen molar-refractivity contribution in [1.82, 2.24) is 14.9 Å². The molecule has 2 heterocycles. The highest BCUT2D eigenvalue weighted by molar-refractivity contribution is 6.31. The first-order valence-corrected chi connectivity index (χ1v) is 11.0. The third kappa shape index (κ3) is 4.65. The Balaban J connectivity index is 1.72. The molecule has 0 bridgehead atoms. The van der Waals surface area contributed by atoms with Crippen LogP contribution >= 0.6 is 11.6 Å². The van der Waals surface area contributed by atoms with Crippen molar-refractivity contribution in [2.45, 2.75) is 12.8 Å². The molecule has 0 spiro atoms. The number of allylic oxidation sites excluding steroid dienone is 1. The third-order valence-corrected chi connectivity index (χ3v) is 6.27. The smallest absolute Gasteiger partial charge is 0.165 e. The van der Waals surface area contributed by atoms with Crippen molar-refractivity contribution in [2.24, 2.45) is 0 Å². The molecule has 1 aliphatic rings. The minimum absolute atomic E-state index is 0.0879. The maximum Gasteiger partial charge on any atom is 0.165 e. The summed E-state index contributed by atoms with van der Waals surface area (Å²) < 4.78 is 25.9. The average molecular weight is 469 g/mol. The number of aryl methyl sites for hydroxylation is 1. The fourth-order valence-corrected chi connectivity index (χ4v) is 3.95. The molecule has 4 rings (SSSR count). The quantitative estimate of drug-likeness (QED) is 0.326. The van der Waals surface area contributed by atoms with Crippen molar-refractivity contribution in [3.63, 3.8) is 0 Å². The lowest BCUT2D eigenvalue weighted by molar-refractivity contribution is 0.143. The number of ether oxygens (including phenoxy) is 2. The molecular formula is C25H26ClFN4O2. The molecule has 172 valence electrons. The second-order valence-electron chi connectivity index (χ2n) is 7.95. The second kappa shape index (κ2) is 9.77. The fourth-order valence-electron chi connectivity index (χ4n) is 3.79. The first-order valence-electron chi connectivity index (χ1n) is 10.6. The van der Waals surface area contributed by atoms with E-state index in [0.29, 0.717) is 30.1 Å². The maximum atomic E-state index is 14.7. The lowest BCUT2D eigenvalue weighted by Crippen LogP contribution is -2.43. The van der Waals surface area contributed by atoms with Gasteiger partial charge in [0, 0.05) is 48.8 Å². The van der Waals surface area contributed by atoms with E-state index in [9.17, 15) is 4.39 Å². The Hall–Kier alpha value is -3.16. The van der Waals surface area contributed by atoms with Crippen LogP contribution in [-0.2, 0) is 4.74 Å². The van der Waals surface area contributed by atoms with Crippen molar-refractivity contribution in [3.8, 4) is 5.75 Å². The largest absolute Gasteiger partial charge is 0.491 e. The van der Waals surface area contributed by atoms with Crippen LogP contribution in [0.15, 0.2) is 55.5 Å². The first kappa shape index (κ1) is 23.0. The van der Waals surface area contributed by atoms with Gasteiger partial charge in [-0.25, -0.2) is 14.4 Å². The zero-order chi connectivity index (χ0) is 23.5. The molecule has 0 unspecified atom stereocenters. The topological polar surface area (TPSA) is 59.5 Å². The molecule has 0 aliphatic carbocycles. The van der Waals surface area contributed by atoms with Crippen molar-refractivity contribution in [3.05, 3.63) is 77.5 Å². The molecule has 1 fully saturated rings. The summed E-state index contributed by atoms with van der Waals surface area (Å²) in [6.45, 7) is 12.1. The van der Waals surface area contributed by atoms with E-state index in [4.69, 9.17) is 21.1 Å². The predicted molar refractivity (Wildman–Crippen MR) is 130 cm³/mol. The van der Waals surface area contributed by atoms with Gasteiger partial charge in [-0.05, 0) is 30.7 Å². The average Bonchev–Trinajstić information content (AvgIpc) is 2.78. The summed E-state index contributed by atoms with van der Waals surface area (Å²) >= 11 is 6.10. The first-order chi connectivity index (χ1) is 15.9. The molecule has 1 N–H and O–H groups in total. The molecule has 0 amide bonds. The molecule has 1 saturated heterocycles. The summed E-state index contributed by atoms with van der Waals surface area (Å²) in [5, 5.41) is 3.94. The van der Waals surface area contributed by atoms with Crippen LogP contribution in [0.5, 0.6) is 5.75 Å². The van der Waals surface area contributed by atoms with Crippen LogP contribution in [0.25, 0.3) is 10.9 Å². The van der Waals surface area contributed by atoms with Gasteiger partial charge < -0.3 is 19.7 Å². The van der Waals surface area contributed by atoms with E-state index < -0.39 is 5.82 Å². The van der Waals surface area contributed by atoms with Crippen LogP contribution < -0.4 is 10.1 Å². The van der Waals surface area contributed by atoms with Crippen LogP contribution in [-0.4, -0.2) is 48.3 Å². The molecule has 8 heteroatoms. The minimum atomic E-state index is -0.513. The summed E-state index contributed by atoms with van der Waals surface area (Å²) in [7, 11) is 1.64. The number of methoxy groups -OCH3 is 1. The number of likely N-dealkylation sites (tertiary alicyclic amines) is 1. The monoisotopic (exact) mass is 468 g/mol. The molecule has 2 aromatic carbocycles. The van der Waals surface area contributed by atoms with Gasteiger partial charge in [-0.15, -0.1) is 0 Å². The standard InChI is InChI=1S/C25H26ClFN4O2/c1-5-16(3)31-12-17(13-31)18-10-19-21(11-22(18)33-9-8-32-4)28-14-29-25(19)30-20-7-6-15(2)23(26)24(20)27/h5-7,10-11,14,17H,1,3,8-9,12-13H2,2,4H3,(H,28,29,30). The van der Waals surface area contributed by atoms with Gasteiger partial charge in [-0.3, -0.25) is 0 Å². The maximum absolute atomic E-state index is 14.7. The Morgan fingerprint density at radius 2 is 2.09 bits per heavy atom. The van der Waals surface area contributed by atoms with E-state index in [1.165, 1.54) is 6.33 Å². The number of fused-ring (bicyclic) bond motifs is 1. The molecule has 0 radical (unpaired) electrons. The Labute approximate surface area is 197 Å². The number of rotatable bonds is 9. The molecule has 3 aromatic rings. The van der Waals surface area contributed by atoms with E-state index in [0.717, 1.165) is 35.5 Å². The van der Waals surface area contributed by atoms with E-state index in [1.54, 1.807) is 32.2 Å². The van der Waals surface area contributed by atoms with Crippen LogP contribution in [0.3, 0.4) is 0 Å². The number of hydrogen-bond donors (Lipinski definition) is 1. The van der Waals surface area contributed by atoms with Crippen LogP contribution in [0.4, 0.5) is 15.9 Å². The van der Waals surface area contributed by atoms with Crippen LogP contribution in [0, 0.1) is 12.7 Å². The lowest BCUT2D eigenvalue weighted by Gasteiger charge is -2.42. The Bertz CT molecular complexity index is 1210. The van der Waals surface area contributed by atoms with Crippen molar-refractivity contribution < 1.29 is 13.9 Å². The van der Waals surface area contributed by atoms with Crippen molar-refractivity contribution in [2.75, 3.05) is 38.7 Å². The number of anilines is 2. The number of hydrogen-bond acceptors (Lipinski definition) is 6. The summed E-state index contributed by atoms with van der Waals surface area (Å²) in [5.41, 5.74) is 3.54. The highest BCUT2D eigenvalue weighted by Crippen LogP contribution is 2.39. The SMILES string of the molecule is C=CC(=C)N1CC(c2cc3c(Nc4ccc(C)c(Cl)c4F)ncnc3cc2OCCOC)C1. The van der Waals surface area contributed by atoms with Crippen molar-refractivity contribution >= 4 is 34.0 Å². The number of aromatic nitrogens is 2. The van der Waals surface area contributed by atoms with Gasteiger partial charge in [-0.2, -0.15) is 0 Å². The summed E-state index contributed by atoms with van der Waals surface area (Å²) in [4.78, 5) is 10.9. The normalized spacial score (nSPS) is 13.6.